The van der Waals surface area contributed by atoms with E-state index in [9.17, 15) is 18.7 Å². The number of β-amino-alcohol motifs (C(OH)–C–C–N with tert-alkyl or cyclic N) is 1. The van der Waals surface area contributed by atoms with Gasteiger partial charge in [-0.3, -0.25) is 4.79 Å². The third-order valence-electron chi connectivity index (χ3n) is 2.55. The fourth-order valence-corrected chi connectivity index (χ4v) is 1.75. The third-order valence-corrected chi connectivity index (χ3v) is 2.55. The van der Waals surface area contributed by atoms with E-state index in [0.717, 1.165) is 17.0 Å². The Hall–Kier alpha value is -2.00. The maximum absolute atomic E-state index is 13.6. The summed E-state index contributed by atoms with van der Waals surface area (Å²) in [7, 11) is 0. The number of amides is 1. The van der Waals surface area contributed by atoms with Gasteiger partial charge in [0, 0.05) is 6.07 Å². The van der Waals surface area contributed by atoms with Gasteiger partial charge >= 0.3 is 0 Å². The van der Waals surface area contributed by atoms with Gasteiger partial charge in [-0.2, -0.15) is 5.26 Å². The van der Waals surface area contributed by atoms with Gasteiger partial charge in [-0.1, -0.05) is 0 Å². The zero-order valence-electron chi connectivity index (χ0n) is 8.65. The maximum Gasteiger partial charge on any atom is 0.229 e. The van der Waals surface area contributed by atoms with Gasteiger partial charge in [0.25, 0.3) is 0 Å². The van der Waals surface area contributed by atoms with Crippen molar-refractivity contribution in [3.63, 3.8) is 0 Å². The molecule has 17 heavy (non-hydrogen) atoms. The Morgan fingerprint density at radius 2 is 2.12 bits per heavy atom. The van der Waals surface area contributed by atoms with E-state index in [1.807, 2.05) is 0 Å². The first-order valence-electron chi connectivity index (χ1n) is 4.90. The first kappa shape index (κ1) is 11.5. The molecule has 1 atom stereocenters. The van der Waals surface area contributed by atoms with Crippen molar-refractivity contribution in [2.75, 3.05) is 11.4 Å². The lowest BCUT2D eigenvalue weighted by Crippen LogP contribution is -2.26. The lowest BCUT2D eigenvalue weighted by atomic mass is 10.2. The molecule has 1 aromatic carbocycles. The van der Waals surface area contributed by atoms with Crippen molar-refractivity contribution >= 4 is 11.6 Å². The number of carbonyl (C=O) groups excluding carboxylic acids is 1. The van der Waals surface area contributed by atoms with E-state index in [1.54, 1.807) is 0 Å². The van der Waals surface area contributed by atoms with Crippen LogP contribution < -0.4 is 4.90 Å². The Balaban J connectivity index is 2.44. The predicted octanol–water partition coefficient (Wildman–Crippen LogP) is 0.934. The molecule has 4 nitrogen and oxygen atoms in total. The summed E-state index contributed by atoms with van der Waals surface area (Å²) < 4.78 is 26.9. The smallest absolute Gasteiger partial charge is 0.229 e. The normalized spacial score (nSPS) is 19.5. The number of benzene rings is 1. The van der Waals surface area contributed by atoms with Crippen LogP contribution in [-0.4, -0.2) is 23.7 Å². The molecule has 1 N–H and O–H groups in total. The van der Waals surface area contributed by atoms with Crippen LogP contribution in [0.15, 0.2) is 12.1 Å². The summed E-state index contributed by atoms with van der Waals surface area (Å²) in [5, 5.41) is 17.8. The molecule has 1 aromatic rings. The topological polar surface area (TPSA) is 64.3 Å². The molecular formula is C11H8F2N2O2. The number of carbonyl (C=O) groups is 1. The number of nitrogens with zero attached hydrogens (tertiary/aromatic N) is 2. The summed E-state index contributed by atoms with van der Waals surface area (Å²) in [6.07, 6.45) is -0.984. The first-order chi connectivity index (χ1) is 8.02. The predicted molar refractivity (Wildman–Crippen MR) is 54.0 cm³/mol. The molecule has 6 heteroatoms. The van der Waals surface area contributed by atoms with Gasteiger partial charge in [-0.05, 0) is 6.07 Å². The molecule has 1 heterocycles. The Kier molecular flexibility index (Phi) is 2.77. The van der Waals surface area contributed by atoms with Crippen LogP contribution in [0.5, 0.6) is 0 Å². The summed E-state index contributed by atoms with van der Waals surface area (Å²) in [6, 6.07) is 3.04. The van der Waals surface area contributed by atoms with Crippen LogP contribution in [-0.2, 0) is 4.79 Å². The lowest BCUT2D eigenvalue weighted by molar-refractivity contribution is -0.117. The van der Waals surface area contributed by atoms with Crippen LogP contribution in [0.25, 0.3) is 0 Å². The highest BCUT2D eigenvalue weighted by Crippen LogP contribution is 2.27. The molecule has 0 aliphatic carbocycles. The summed E-state index contributed by atoms with van der Waals surface area (Å²) in [4.78, 5) is 12.4. The van der Waals surface area contributed by atoms with Gasteiger partial charge in [0.1, 0.15) is 17.7 Å². The second-order valence-electron chi connectivity index (χ2n) is 3.76. The van der Waals surface area contributed by atoms with E-state index in [4.69, 9.17) is 5.26 Å². The van der Waals surface area contributed by atoms with Gasteiger partial charge in [-0.25, -0.2) is 8.78 Å². The van der Waals surface area contributed by atoms with Gasteiger partial charge in [0.2, 0.25) is 5.91 Å². The molecule has 1 aliphatic rings. The van der Waals surface area contributed by atoms with Crippen molar-refractivity contribution in [3.05, 3.63) is 29.3 Å². The molecule has 0 bridgehead atoms. The minimum absolute atomic E-state index is 0.0684. The molecule has 0 saturated carbocycles. The highest BCUT2D eigenvalue weighted by molar-refractivity contribution is 5.96. The molecule has 1 unspecified atom stereocenters. The minimum atomic E-state index is -0.891. The lowest BCUT2D eigenvalue weighted by Gasteiger charge is -2.16. The molecule has 1 fully saturated rings. The van der Waals surface area contributed by atoms with Crippen molar-refractivity contribution < 1.29 is 18.7 Å². The van der Waals surface area contributed by atoms with Crippen LogP contribution in [0.3, 0.4) is 0 Å². The minimum Gasteiger partial charge on any atom is -0.391 e. The van der Waals surface area contributed by atoms with Gasteiger partial charge in [0.05, 0.1) is 30.3 Å². The number of hydrogen-bond donors (Lipinski definition) is 1. The average molecular weight is 238 g/mol. The zero-order valence-corrected chi connectivity index (χ0v) is 8.65. The van der Waals surface area contributed by atoms with Crippen molar-refractivity contribution in [3.8, 4) is 6.07 Å². The monoisotopic (exact) mass is 238 g/mol. The molecule has 2 rings (SSSR count). The molecule has 0 spiro atoms. The number of rotatable bonds is 1. The molecular weight excluding hydrogens is 230 g/mol. The summed E-state index contributed by atoms with van der Waals surface area (Å²) in [5.41, 5.74) is -0.665. The second kappa shape index (κ2) is 4.11. The van der Waals surface area contributed by atoms with E-state index >= 15 is 0 Å². The maximum atomic E-state index is 13.6. The van der Waals surface area contributed by atoms with Gasteiger partial charge in [-0.15, -0.1) is 0 Å². The van der Waals surface area contributed by atoms with E-state index in [0.29, 0.717) is 0 Å². The highest BCUT2D eigenvalue weighted by Gasteiger charge is 2.31. The fourth-order valence-electron chi connectivity index (χ4n) is 1.75. The third kappa shape index (κ3) is 1.97. The number of nitriles is 1. The van der Waals surface area contributed by atoms with E-state index in [-0.39, 0.29) is 18.7 Å². The fraction of sp³-hybridized carbons (Fsp3) is 0.273. The van der Waals surface area contributed by atoms with Crippen LogP contribution in [0.4, 0.5) is 14.5 Å². The molecule has 88 valence electrons. The van der Waals surface area contributed by atoms with Crippen LogP contribution in [0.2, 0.25) is 0 Å². The molecule has 1 aliphatic heterocycles. The highest BCUT2D eigenvalue weighted by atomic mass is 19.1. The molecule has 0 radical (unpaired) electrons. The Bertz CT molecular complexity index is 525. The van der Waals surface area contributed by atoms with Crippen molar-refractivity contribution in [2.24, 2.45) is 0 Å². The standard InChI is InChI=1S/C11H8F2N2O2/c12-8-3-10(9(13)1-6(8)4-14)15-5-7(16)2-11(15)17/h1,3,7,16H,2,5H2. The van der Waals surface area contributed by atoms with Crippen LogP contribution in [0, 0.1) is 23.0 Å². The molecule has 1 saturated heterocycles. The number of aliphatic hydroxyl groups excluding tert-OH is 1. The van der Waals surface area contributed by atoms with Crippen LogP contribution in [0.1, 0.15) is 12.0 Å². The van der Waals surface area contributed by atoms with E-state index in [1.165, 1.54) is 6.07 Å². The SMILES string of the molecule is N#Cc1cc(F)c(N2CC(O)CC2=O)cc1F. The number of hydrogen-bond acceptors (Lipinski definition) is 3. The van der Waals surface area contributed by atoms with Gasteiger partial charge in [0.15, 0.2) is 0 Å². The largest absolute Gasteiger partial charge is 0.391 e. The van der Waals surface area contributed by atoms with Crippen molar-refractivity contribution in [2.45, 2.75) is 12.5 Å². The van der Waals surface area contributed by atoms with Crippen molar-refractivity contribution in [1.82, 2.24) is 0 Å². The number of halogens is 2. The van der Waals surface area contributed by atoms with Crippen LogP contribution >= 0.6 is 0 Å². The quantitative estimate of drug-likeness (QED) is 0.791. The molecule has 0 aromatic heterocycles. The van der Waals surface area contributed by atoms with Gasteiger partial charge < -0.3 is 10.0 Å². The average Bonchev–Trinajstić information content (AvgIpc) is 2.60. The number of anilines is 1. The number of aliphatic hydroxyl groups is 1. The Morgan fingerprint density at radius 3 is 2.65 bits per heavy atom. The van der Waals surface area contributed by atoms with E-state index in [2.05, 4.69) is 0 Å². The summed E-state index contributed by atoms with van der Waals surface area (Å²) in [6.45, 7) is -0.0684. The molecule has 1 amide bonds. The zero-order chi connectivity index (χ0) is 12.6. The van der Waals surface area contributed by atoms with E-state index < -0.39 is 29.2 Å². The first-order valence-corrected chi connectivity index (χ1v) is 4.90. The Labute approximate surface area is 95.7 Å². The van der Waals surface area contributed by atoms with Crippen molar-refractivity contribution in [1.29, 1.82) is 5.26 Å². The Morgan fingerprint density at radius 1 is 1.41 bits per heavy atom. The second-order valence-corrected chi connectivity index (χ2v) is 3.76. The summed E-state index contributed by atoms with van der Waals surface area (Å²) in [5.74, 6) is -2.22. The summed E-state index contributed by atoms with van der Waals surface area (Å²) >= 11 is 0.